The van der Waals surface area contributed by atoms with Gasteiger partial charge in [-0.05, 0) is 42.0 Å². The van der Waals surface area contributed by atoms with Gasteiger partial charge >= 0.3 is 0 Å². The lowest BCUT2D eigenvalue weighted by Gasteiger charge is -2.06. The molecule has 0 aliphatic carbocycles. The van der Waals surface area contributed by atoms with Crippen molar-refractivity contribution in [3.05, 3.63) is 59.9 Å². The van der Waals surface area contributed by atoms with Gasteiger partial charge in [-0.1, -0.05) is 11.2 Å². The van der Waals surface area contributed by atoms with Crippen LogP contribution in [0, 0.1) is 11.6 Å². The average molecular weight is 368 g/mol. The van der Waals surface area contributed by atoms with Gasteiger partial charge in [0.15, 0.2) is 12.4 Å². The monoisotopic (exact) mass is 368 g/mol. The van der Waals surface area contributed by atoms with Crippen LogP contribution in [0.1, 0.15) is 5.76 Å². The molecule has 0 saturated heterocycles. The van der Waals surface area contributed by atoms with E-state index in [4.69, 9.17) is 9.66 Å². The second-order valence-electron chi connectivity index (χ2n) is 5.16. The third kappa shape index (κ3) is 3.28. The first-order valence-electron chi connectivity index (χ1n) is 6.94. The fourth-order valence-corrected chi connectivity index (χ4v) is 2.99. The first-order chi connectivity index (χ1) is 11.8. The lowest BCUT2D eigenvalue weighted by atomic mass is 9.99. The predicted octanol–water partition coefficient (Wildman–Crippen LogP) is 3.40. The summed E-state index contributed by atoms with van der Waals surface area (Å²) in [6.45, 7) is -1.01. The van der Waals surface area contributed by atoms with E-state index in [9.17, 15) is 21.6 Å². The number of hydrogen-bond donors (Lipinski definition) is 1. The quantitative estimate of drug-likeness (QED) is 0.765. The highest BCUT2D eigenvalue weighted by Crippen LogP contribution is 2.36. The van der Waals surface area contributed by atoms with Gasteiger partial charge < -0.3 is 4.52 Å². The highest BCUT2D eigenvalue weighted by Gasteiger charge is 2.22. The van der Waals surface area contributed by atoms with Crippen molar-refractivity contribution >= 4 is 10.0 Å². The van der Waals surface area contributed by atoms with Gasteiger partial charge in [-0.25, -0.2) is 26.7 Å². The van der Waals surface area contributed by atoms with Crippen molar-refractivity contribution in [3.8, 4) is 22.4 Å². The van der Waals surface area contributed by atoms with Crippen LogP contribution >= 0.6 is 0 Å². The lowest BCUT2D eigenvalue weighted by molar-refractivity contribution is 0.332. The second kappa shape index (κ2) is 6.34. The van der Waals surface area contributed by atoms with Crippen molar-refractivity contribution < 1.29 is 26.1 Å². The molecule has 0 fully saturated rings. The molecule has 3 rings (SSSR count). The average Bonchev–Trinajstić information content (AvgIpc) is 2.98. The number of hydrogen-bond acceptors (Lipinski definition) is 4. The molecule has 130 valence electrons. The Bertz CT molecular complexity index is 1030. The summed E-state index contributed by atoms with van der Waals surface area (Å²) in [6.07, 6.45) is 0. The summed E-state index contributed by atoms with van der Waals surface area (Å²) in [4.78, 5) is -0.683. The fraction of sp³-hybridized carbons (Fsp3) is 0.0625. The van der Waals surface area contributed by atoms with Crippen molar-refractivity contribution in [1.29, 1.82) is 0 Å². The number of benzene rings is 2. The van der Waals surface area contributed by atoms with E-state index in [0.717, 1.165) is 12.1 Å². The number of rotatable bonds is 4. The minimum atomic E-state index is -4.23. The standard InChI is InChI=1S/C16H11F3N2O3S/c17-8-13-15(10-3-6-14(12(19)7-10)25(20,22)23)16(21-24-13)9-1-4-11(18)5-2-9/h1-7H,8H2,(H2,20,22,23). The van der Waals surface area contributed by atoms with Crippen LogP contribution in [0.3, 0.4) is 0 Å². The number of alkyl halides is 1. The van der Waals surface area contributed by atoms with Gasteiger partial charge in [0.2, 0.25) is 10.0 Å². The molecular weight excluding hydrogens is 357 g/mol. The first-order valence-corrected chi connectivity index (χ1v) is 8.49. The SMILES string of the molecule is NS(=O)(=O)c1ccc(-c2c(-c3ccc(F)cc3)noc2CF)cc1F. The van der Waals surface area contributed by atoms with Gasteiger partial charge in [0.1, 0.15) is 22.2 Å². The molecule has 2 aromatic carbocycles. The van der Waals surface area contributed by atoms with Gasteiger partial charge in [0.05, 0.1) is 5.56 Å². The molecule has 0 amide bonds. The Kier molecular flexibility index (Phi) is 4.36. The second-order valence-corrected chi connectivity index (χ2v) is 6.69. The summed E-state index contributed by atoms with van der Waals surface area (Å²) in [5, 5.41) is 8.68. The maximum absolute atomic E-state index is 14.1. The zero-order valence-corrected chi connectivity index (χ0v) is 13.4. The minimum absolute atomic E-state index is 0.147. The molecule has 9 heteroatoms. The number of nitrogens with zero attached hydrogens (tertiary/aromatic N) is 1. The van der Waals surface area contributed by atoms with Crippen molar-refractivity contribution in [2.24, 2.45) is 5.14 Å². The highest BCUT2D eigenvalue weighted by atomic mass is 32.2. The summed E-state index contributed by atoms with van der Waals surface area (Å²) >= 11 is 0. The van der Waals surface area contributed by atoms with Crippen molar-refractivity contribution in [2.75, 3.05) is 0 Å². The molecular formula is C16H11F3N2O3S. The van der Waals surface area contributed by atoms with E-state index in [1.165, 1.54) is 30.3 Å². The van der Waals surface area contributed by atoms with E-state index < -0.39 is 33.2 Å². The van der Waals surface area contributed by atoms with Gasteiger partial charge in [-0.3, -0.25) is 0 Å². The number of halogens is 3. The third-order valence-corrected chi connectivity index (χ3v) is 4.47. The summed E-state index contributed by atoms with van der Waals surface area (Å²) < 4.78 is 68.0. The summed E-state index contributed by atoms with van der Waals surface area (Å²) in [5.74, 6) is -1.72. The Morgan fingerprint density at radius 2 is 1.68 bits per heavy atom. The van der Waals surface area contributed by atoms with E-state index in [1.807, 2.05) is 0 Å². The molecule has 0 spiro atoms. The lowest BCUT2D eigenvalue weighted by Crippen LogP contribution is -2.13. The molecule has 0 bridgehead atoms. The maximum atomic E-state index is 14.1. The number of nitrogens with two attached hydrogens (primary N) is 1. The summed E-state index contributed by atoms with van der Waals surface area (Å²) in [5.41, 5.74) is 0.901. The topological polar surface area (TPSA) is 86.2 Å². The van der Waals surface area contributed by atoms with Gasteiger partial charge in [-0.2, -0.15) is 0 Å². The van der Waals surface area contributed by atoms with Crippen LogP contribution in [0.2, 0.25) is 0 Å². The van der Waals surface area contributed by atoms with Crippen molar-refractivity contribution in [3.63, 3.8) is 0 Å². The molecule has 0 aliphatic heterocycles. The van der Waals surface area contributed by atoms with E-state index in [2.05, 4.69) is 5.16 Å². The van der Waals surface area contributed by atoms with E-state index >= 15 is 0 Å². The van der Waals surface area contributed by atoms with Gasteiger partial charge in [0.25, 0.3) is 0 Å². The molecule has 0 saturated carbocycles. The Morgan fingerprint density at radius 1 is 1.04 bits per heavy atom. The molecule has 1 heterocycles. The molecule has 0 aliphatic rings. The molecule has 25 heavy (non-hydrogen) atoms. The van der Waals surface area contributed by atoms with Crippen LogP contribution in [0.15, 0.2) is 51.9 Å². The number of sulfonamides is 1. The van der Waals surface area contributed by atoms with Crippen LogP contribution < -0.4 is 5.14 Å². The number of primary sulfonamides is 1. The van der Waals surface area contributed by atoms with Crippen molar-refractivity contribution in [1.82, 2.24) is 5.16 Å². The zero-order valence-electron chi connectivity index (χ0n) is 12.5. The smallest absolute Gasteiger partial charge is 0.240 e. The molecule has 0 atom stereocenters. The fourth-order valence-electron chi connectivity index (χ4n) is 2.40. The van der Waals surface area contributed by atoms with Gasteiger partial charge in [-0.15, -0.1) is 0 Å². The van der Waals surface area contributed by atoms with E-state index in [-0.39, 0.29) is 22.6 Å². The molecule has 5 nitrogen and oxygen atoms in total. The highest BCUT2D eigenvalue weighted by molar-refractivity contribution is 7.89. The zero-order chi connectivity index (χ0) is 18.2. The molecule has 2 N–H and O–H groups in total. The van der Waals surface area contributed by atoms with E-state index in [0.29, 0.717) is 5.56 Å². The molecule has 0 unspecified atom stereocenters. The number of aromatic nitrogens is 1. The largest absolute Gasteiger partial charge is 0.357 e. The van der Waals surface area contributed by atoms with Crippen LogP contribution in [-0.4, -0.2) is 13.6 Å². The molecule has 3 aromatic rings. The van der Waals surface area contributed by atoms with Crippen molar-refractivity contribution in [2.45, 2.75) is 11.6 Å². The first kappa shape index (κ1) is 17.2. The normalized spacial score (nSPS) is 11.7. The molecule has 0 radical (unpaired) electrons. The minimum Gasteiger partial charge on any atom is -0.357 e. The van der Waals surface area contributed by atoms with Crippen LogP contribution in [-0.2, 0) is 16.7 Å². The summed E-state index contributed by atoms with van der Waals surface area (Å²) in [6, 6.07) is 8.34. The third-order valence-electron chi connectivity index (χ3n) is 3.53. The van der Waals surface area contributed by atoms with Crippen LogP contribution in [0.5, 0.6) is 0 Å². The Balaban J connectivity index is 2.18. The predicted molar refractivity (Wildman–Crippen MR) is 83.5 cm³/mol. The summed E-state index contributed by atoms with van der Waals surface area (Å²) in [7, 11) is -4.23. The van der Waals surface area contributed by atoms with Gasteiger partial charge in [0, 0.05) is 5.56 Å². The van der Waals surface area contributed by atoms with E-state index in [1.54, 1.807) is 0 Å². The van der Waals surface area contributed by atoms with Crippen LogP contribution in [0.4, 0.5) is 13.2 Å². The Hall–Kier alpha value is -2.65. The molecule has 1 aromatic heterocycles. The Morgan fingerprint density at radius 3 is 2.24 bits per heavy atom. The maximum Gasteiger partial charge on any atom is 0.240 e. The van der Waals surface area contributed by atoms with Crippen LogP contribution in [0.25, 0.3) is 22.4 Å². The Labute approximate surface area is 140 Å².